The van der Waals surface area contributed by atoms with E-state index in [1.165, 1.54) is 11.1 Å². The van der Waals surface area contributed by atoms with Crippen molar-refractivity contribution in [1.82, 2.24) is 14.9 Å². The number of fused-ring (bicyclic) bond motifs is 1. The molecule has 6 heteroatoms. The highest BCUT2D eigenvalue weighted by Crippen LogP contribution is 2.31. The number of halogens is 2. The maximum absolute atomic E-state index is 13.2. The molecule has 31 heavy (non-hydrogen) atoms. The van der Waals surface area contributed by atoms with Crippen LogP contribution in [-0.4, -0.2) is 20.8 Å². The monoisotopic (exact) mass is 445 g/mol. The van der Waals surface area contributed by atoms with Gasteiger partial charge in [-0.05, 0) is 35.4 Å². The zero-order chi connectivity index (χ0) is 21.4. The van der Waals surface area contributed by atoms with Gasteiger partial charge in [0.15, 0.2) is 0 Å². The van der Waals surface area contributed by atoms with E-state index in [0.29, 0.717) is 40.2 Å². The molecule has 2 heterocycles. The van der Waals surface area contributed by atoms with E-state index in [9.17, 15) is 4.79 Å². The van der Waals surface area contributed by atoms with Crippen LogP contribution < -0.4 is 0 Å². The van der Waals surface area contributed by atoms with Crippen LogP contribution in [0, 0.1) is 0 Å². The lowest BCUT2D eigenvalue weighted by molar-refractivity contribution is 0.0745. The van der Waals surface area contributed by atoms with E-state index in [1.807, 2.05) is 48.5 Å². The summed E-state index contributed by atoms with van der Waals surface area (Å²) in [6.07, 6.45) is 1.55. The highest BCUT2D eigenvalue weighted by molar-refractivity contribution is 6.31. The molecule has 1 aliphatic rings. The molecule has 0 atom stereocenters. The van der Waals surface area contributed by atoms with Crippen LogP contribution in [0.15, 0.2) is 79.0 Å². The van der Waals surface area contributed by atoms with Crippen LogP contribution >= 0.6 is 23.2 Å². The molecule has 0 N–H and O–H groups in total. The average molecular weight is 446 g/mol. The summed E-state index contributed by atoms with van der Waals surface area (Å²) >= 11 is 12.1. The molecule has 5 rings (SSSR count). The minimum absolute atomic E-state index is 0.137. The van der Waals surface area contributed by atoms with Gasteiger partial charge in [-0.25, -0.2) is 4.98 Å². The minimum atomic E-state index is -0.137. The first-order chi connectivity index (χ1) is 15.1. The Balaban J connectivity index is 1.55. The van der Waals surface area contributed by atoms with Gasteiger partial charge < -0.3 is 4.90 Å². The smallest absolute Gasteiger partial charge is 0.274 e. The molecule has 0 aliphatic carbocycles. The van der Waals surface area contributed by atoms with Gasteiger partial charge in [-0.1, -0.05) is 71.7 Å². The van der Waals surface area contributed by atoms with Gasteiger partial charge >= 0.3 is 0 Å². The van der Waals surface area contributed by atoms with Crippen molar-refractivity contribution in [1.29, 1.82) is 0 Å². The average Bonchev–Trinajstić information content (AvgIpc) is 3.24. The molecule has 4 nitrogen and oxygen atoms in total. The predicted octanol–water partition coefficient (Wildman–Crippen LogP) is 6.27. The van der Waals surface area contributed by atoms with Crippen LogP contribution in [0.4, 0.5) is 0 Å². The number of carbonyl (C=O) groups excluding carboxylic acids is 1. The second-order valence-corrected chi connectivity index (χ2v) is 8.27. The largest absolute Gasteiger partial charge is 0.329 e. The zero-order valence-corrected chi connectivity index (χ0v) is 17.9. The summed E-state index contributed by atoms with van der Waals surface area (Å²) in [5, 5.41) is 1.27. The van der Waals surface area contributed by atoms with Crippen LogP contribution in [-0.2, 0) is 13.1 Å². The SMILES string of the molecule is O=C(c1cnc(-c2ccc(Cl)cc2)c(-c2ccc(Cl)cc2)n1)N1Cc2ccccc2C1. The molecule has 0 saturated carbocycles. The maximum atomic E-state index is 13.2. The van der Waals surface area contributed by atoms with Crippen molar-refractivity contribution in [3.05, 3.63) is 106 Å². The molecule has 1 aliphatic heterocycles. The van der Waals surface area contributed by atoms with Gasteiger partial charge in [-0.2, -0.15) is 0 Å². The minimum Gasteiger partial charge on any atom is -0.329 e. The third-order valence-electron chi connectivity index (χ3n) is 5.35. The molecule has 0 spiro atoms. The van der Waals surface area contributed by atoms with Crippen LogP contribution in [0.2, 0.25) is 10.0 Å². The van der Waals surface area contributed by atoms with Crippen molar-refractivity contribution in [3.8, 4) is 22.5 Å². The van der Waals surface area contributed by atoms with E-state index < -0.39 is 0 Å². The Labute approximate surface area is 190 Å². The summed E-state index contributed by atoms with van der Waals surface area (Å²) in [5.74, 6) is -0.137. The van der Waals surface area contributed by atoms with Crippen molar-refractivity contribution in [2.24, 2.45) is 0 Å². The number of aromatic nitrogens is 2. The number of hydrogen-bond acceptors (Lipinski definition) is 3. The van der Waals surface area contributed by atoms with Crippen molar-refractivity contribution in [3.63, 3.8) is 0 Å². The maximum Gasteiger partial charge on any atom is 0.274 e. The Hall–Kier alpha value is -3.21. The number of carbonyl (C=O) groups is 1. The van der Waals surface area contributed by atoms with Crippen molar-refractivity contribution >= 4 is 29.1 Å². The highest BCUT2D eigenvalue weighted by atomic mass is 35.5. The third-order valence-corrected chi connectivity index (χ3v) is 5.86. The number of benzene rings is 3. The summed E-state index contributed by atoms with van der Waals surface area (Å²) in [7, 11) is 0. The molecule has 0 bridgehead atoms. The standard InChI is InChI=1S/C25H17Cl2N3O/c26-20-9-5-16(6-10-20)23-24(17-7-11-21(27)12-8-17)29-22(13-28-23)25(31)30-14-18-3-1-2-4-19(18)15-30/h1-13H,14-15H2. The van der Waals surface area contributed by atoms with Crippen LogP contribution in [0.3, 0.4) is 0 Å². The van der Waals surface area contributed by atoms with Gasteiger partial charge in [0.25, 0.3) is 5.91 Å². The lowest BCUT2D eigenvalue weighted by atomic mass is 10.0. The van der Waals surface area contributed by atoms with Gasteiger partial charge in [0.2, 0.25) is 0 Å². The first-order valence-corrected chi connectivity index (χ1v) is 10.6. The summed E-state index contributed by atoms with van der Waals surface area (Å²) in [4.78, 5) is 24.4. The Morgan fingerprint density at radius 1 is 0.742 bits per heavy atom. The second-order valence-electron chi connectivity index (χ2n) is 7.40. The van der Waals surface area contributed by atoms with E-state index in [-0.39, 0.29) is 5.91 Å². The van der Waals surface area contributed by atoms with Gasteiger partial charge in [0.1, 0.15) is 5.69 Å². The molecular formula is C25H17Cl2N3O. The Kier molecular flexibility index (Phi) is 5.18. The van der Waals surface area contributed by atoms with Gasteiger partial charge in [0, 0.05) is 34.3 Å². The van der Waals surface area contributed by atoms with Crippen LogP contribution in [0.1, 0.15) is 21.6 Å². The molecule has 0 fully saturated rings. The molecule has 1 aromatic heterocycles. The van der Waals surface area contributed by atoms with Crippen molar-refractivity contribution in [2.75, 3.05) is 0 Å². The molecule has 0 radical (unpaired) electrons. The molecule has 3 aromatic carbocycles. The van der Waals surface area contributed by atoms with E-state index in [1.54, 1.807) is 23.2 Å². The Bertz CT molecular complexity index is 1250. The summed E-state index contributed by atoms with van der Waals surface area (Å²) < 4.78 is 0. The summed E-state index contributed by atoms with van der Waals surface area (Å²) in [6.45, 7) is 1.15. The van der Waals surface area contributed by atoms with Crippen LogP contribution in [0.25, 0.3) is 22.5 Å². The molecule has 0 saturated heterocycles. The Morgan fingerprint density at radius 2 is 1.26 bits per heavy atom. The predicted molar refractivity (Wildman–Crippen MR) is 123 cm³/mol. The number of hydrogen-bond donors (Lipinski definition) is 0. The molecule has 0 unspecified atom stereocenters. The summed E-state index contributed by atoms with van der Waals surface area (Å²) in [5.41, 5.74) is 5.66. The fraction of sp³-hybridized carbons (Fsp3) is 0.0800. The van der Waals surface area contributed by atoms with Crippen LogP contribution in [0.5, 0.6) is 0 Å². The zero-order valence-electron chi connectivity index (χ0n) is 16.4. The fourth-order valence-electron chi connectivity index (χ4n) is 3.76. The number of rotatable bonds is 3. The Morgan fingerprint density at radius 3 is 1.81 bits per heavy atom. The highest BCUT2D eigenvalue weighted by Gasteiger charge is 2.26. The molecule has 4 aromatic rings. The number of amides is 1. The van der Waals surface area contributed by atoms with Gasteiger partial charge in [0.05, 0.1) is 17.6 Å². The van der Waals surface area contributed by atoms with Gasteiger partial charge in [-0.15, -0.1) is 0 Å². The molecular weight excluding hydrogens is 429 g/mol. The molecule has 152 valence electrons. The van der Waals surface area contributed by atoms with Crippen molar-refractivity contribution in [2.45, 2.75) is 13.1 Å². The second kappa shape index (κ2) is 8.14. The topological polar surface area (TPSA) is 46.1 Å². The molecule has 1 amide bonds. The lowest BCUT2D eigenvalue weighted by Crippen LogP contribution is -2.26. The first kappa shape index (κ1) is 19.7. The van der Waals surface area contributed by atoms with Gasteiger partial charge in [-0.3, -0.25) is 9.78 Å². The van der Waals surface area contributed by atoms with E-state index in [4.69, 9.17) is 28.2 Å². The number of nitrogens with zero attached hydrogens (tertiary/aromatic N) is 3. The summed E-state index contributed by atoms with van der Waals surface area (Å²) in [6, 6.07) is 22.9. The fourth-order valence-corrected chi connectivity index (χ4v) is 4.01. The third kappa shape index (κ3) is 3.92. The first-order valence-electron chi connectivity index (χ1n) is 9.83. The lowest BCUT2D eigenvalue weighted by Gasteiger charge is -2.16. The van der Waals surface area contributed by atoms with Crippen molar-refractivity contribution < 1.29 is 4.79 Å². The normalized spacial score (nSPS) is 12.6. The van der Waals surface area contributed by atoms with E-state index in [0.717, 1.165) is 11.1 Å². The quantitative estimate of drug-likeness (QED) is 0.373. The van der Waals surface area contributed by atoms with E-state index >= 15 is 0 Å². The van der Waals surface area contributed by atoms with E-state index in [2.05, 4.69) is 17.1 Å².